The van der Waals surface area contributed by atoms with Crippen molar-refractivity contribution < 1.29 is 4.74 Å². The molecule has 1 aliphatic rings. The number of rotatable bonds is 6. The number of halogens is 1. The van der Waals surface area contributed by atoms with Crippen LogP contribution in [0.15, 0.2) is 48.5 Å². The Labute approximate surface area is 151 Å². The predicted octanol–water partition coefficient (Wildman–Crippen LogP) is 6.71. The van der Waals surface area contributed by atoms with E-state index in [0.717, 1.165) is 23.5 Å². The van der Waals surface area contributed by atoms with Gasteiger partial charge in [0, 0.05) is 18.7 Å². The van der Waals surface area contributed by atoms with Crippen LogP contribution in [-0.2, 0) is 4.74 Å². The Morgan fingerprint density at radius 3 is 2.04 bits per heavy atom. The molecular weight excluding hydrogens is 316 g/mol. The summed E-state index contributed by atoms with van der Waals surface area (Å²) >= 11 is 5.97. The molecule has 0 amide bonds. The van der Waals surface area contributed by atoms with Gasteiger partial charge in [-0.3, -0.25) is 0 Å². The number of hydrogen-bond acceptors (Lipinski definition) is 1. The average Bonchev–Trinajstić information content (AvgIpc) is 2.63. The third kappa shape index (κ3) is 4.62. The van der Waals surface area contributed by atoms with Crippen molar-refractivity contribution in [3.05, 3.63) is 59.1 Å². The lowest BCUT2D eigenvalue weighted by atomic mass is 9.77. The first-order valence-electron chi connectivity index (χ1n) is 9.11. The zero-order valence-corrected chi connectivity index (χ0v) is 15.3. The second kappa shape index (κ2) is 8.69. The highest BCUT2D eigenvalue weighted by molar-refractivity contribution is 6.30. The van der Waals surface area contributed by atoms with Crippen LogP contribution in [0.3, 0.4) is 0 Å². The molecule has 0 spiro atoms. The molecule has 2 aromatic carbocycles. The van der Waals surface area contributed by atoms with Crippen molar-refractivity contribution in [3.63, 3.8) is 0 Å². The molecule has 2 heteroatoms. The van der Waals surface area contributed by atoms with E-state index in [2.05, 4.69) is 36.4 Å². The van der Waals surface area contributed by atoms with Crippen LogP contribution in [0.1, 0.15) is 50.0 Å². The fourth-order valence-corrected chi connectivity index (χ4v) is 4.02. The minimum absolute atomic E-state index is 0.739. The zero-order valence-electron chi connectivity index (χ0n) is 14.5. The molecule has 1 aliphatic carbocycles. The molecule has 128 valence electrons. The van der Waals surface area contributed by atoms with Crippen molar-refractivity contribution in [2.45, 2.75) is 44.4 Å². The number of ether oxygens (including phenoxy) is 1. The number of benzene rings is 2. The molecule has 0 aromatic heterocycles. The Morgan fingerprint density at radius 1 is 0.875 bits per heavy atom. The van der Waals surface area contributed by atoms with Crippen LogP contribution in [0.4, 0.5) is 0 Å². The minimum Gasteiger partial charge on any atom is -0.385 e. The van der Waals surface area contributed by atoms with E-state index in [-0.39, 0.29) is 0 Å². The van der Waals surface area contributed by atoms with Gasteiger partial charge < -0.3 is 4.74 Å². The Morgan fingerprint density at radius 2 is 1.46 bits per heavy atom. The maximum atomic E-state index is 5.97. The van der Waals surface area contributed by atoms with Crippen LogP contribution >= 0.6 is 11.6 Å². The minimum atomic E-state index is 0.739. The van der Waals surface area contributed by atoms with E-state index in [1.807, 2.05) is 12.1 Å². The van der Waals surface area contributed by atoms with Crippen molar-refractivity contribution in [1.82, 2.24) is 0 Å². The van der Waals surface area contributed by atoms with Gasteiger partial charge in [-0.2, -0.15) is 0 Å². The molecule has 0 radical (unpaired) electrons. The summed E-state index contributed by atoms with van der Waals surface area (Å²) in [5.74, 6) is 1.65. The highest BCUT2D eigenvalue weighted by Gasteiger charge is 2.22. The van der Waals surface area contributed by atoms with Crippen molar-refractivity contribution in [2.24, 2.45) is 5.92 Å². The predicted molar refractivity (Wildman–Crippen MR) is 103 cm³/mol. The van der Waals surface area contributed by atoms with Crippen LogP contribution < -0.4 is 0 Å². The first-order chi connectivity index (χ1) is 11.8. The van der Waals surface area contributed by atoms with Gasteiger partial charge in [0.05, 0.1) is 0 Å². The highest BCUT2D eigenvalue weighted by Crippen LogP contribution is 2.38. The zero-order chi connectivity index (χ0) is 16.8. The standard InChI is InChI=1S/C22H27ClO/c1-24-16-2-3-17-4-6-18(7-5-17)19-8-10-20(11-9-19)21-12-14-22(23)15-13-21/h8-15,17-18H,2-7,16H2,1H3. The SMILES string of the molecule is COCCCC1CCC(c2ccc(-c3ccc(Cl)cc3)cc2)CC1. The van der Waals surface area contributed by atoms with Gasteiger partial charge >= 0.3 is 0 Å². The van der Waals surface area contributed by atoms with Gasteiger partial charge in [-0.1, -0.05) is 48.0 Å². The summed E-state index contributed by atoms with van der Waals surface area (Å²) in [6, 6.07) is 17.2. The maximum Gasteiger partial charge on any atom is 0.0462 e. The second-order valence-electron chi connectivity index (χ2n) is 6.98. The summed E-state index contributed by atoms with van der Waals surface area (Å²) in [6.45, 7) is 0.909. The molecule has 0 saturated heterocycles. The van der Waals surface area contributed by atoms with Gasteiger partial charge in [0.15, 0.2) is 0 Å². The van der Waals surface area contributed by atoms with Crippen molar-refractivity contribution in [1.29, 1.82) is 0 Å². The molecule has 0 heterocycles. The summed E-state index contributed by atoms with van der Waals surface area (Å²) in [5, 5.41) is 0.789. The quantitative estimate of drug-likeness (QED) is 0.530. The topological polar surface area (TPSA) is 9.23 Å². The van der Waals surface area contributed by atoms with Crippen molar-refractivity contribution >= 4 is 11.6 Å². The van der Waals surface area contributed by atoms with Crippen LogP contribution in [0.2, 0.25) is 5.02 Å². The molecule has 1 fully saturated rings. The number of hydrogen-bond donors (Lipinski definition) is 0. The maximum absolute atomic E-state index is 5.97. The summed E-state index contributed by atoms with van der Waals surface area (Å²) in [5.41, 5.74) is 4.00. The average molecular weight is 343 g/mol. The van der Waals surface area contributed by atoms with E-state index in [4.69, 9.17) is 16.3 Å². The van der Waals surface area contributed by atoms with E-state index in [1.165, 1.54) is 55.2 Å². The van der Waals surface area contributed by atoms with Gasteiger partial charge in [-0.05, 0) is 79.2 Å². The van der Waals surface area contributed by atoms with Crippen LogP contribution in [-0.4, -0.2) is 13.7 Å². The van der Waals surface area contributed by atoms with Gasteiger partial charge in [0.1, 0.15) is 0 Å². The lowest BCUT2D eigenvalue weighted by molar-refractivity contribution is 0.180. The second-order valence-corrected chi connectivity index (χ2v) is 7.42. The lowest BCUT2D eigenvalue weighted by Gasteiger charge is -2.29. The fourth-order valence-electron chi connectivity index (χ4n) is 3.89. The fraction of sp³-hybridized carbons (Fsp3) is 0.455. The molecule has 0 bridgehead atoms. The molecule has 1 nitrogen and oxygen atoms in total. The summed E-state index contributed by atoms with van der Waals surface area (Å²) in [7, 11) is 1.80. The lowest BCUT2D eigenvalue weighted by Crippen LogP contribution is -2.13. The summed E-state index contributed by atoms with van der Waals surface area (Å²) < 4.78 is 5.17. The monoisotopic (exact) mass is 342 g/mol. The third-order valence-corrected chi connectivity index (χ3v) is 5.62. The molecule has 2 aromatic rings. The Hall–Kier alpha value is -1.31. The normalized spacial score (nSPS) is 20.9. The Balaban J connectivity index is 1.56. The van der Waals surface area contributed by atoms with Crippen LogP contribution in [0, 0.1) is 5.92 Å². The first kappa shape index (κ1) is 17.5. The molecular formula is C22H27ClO. The third-order valence-electron chi connectivity index (χ3n) is 5.37. The van der Waals surface area contributed by atoms with Gasteiger partial charge in [0.2, 0.25) is 0 Å². The summed E-state index contributed by atoms with van der Waals surface area (Å²) in [4.78, 5) is 0. The molecule has 0 unspecified atom stereocenters. The van der Waals surface area contributed by atoms with Gasteiger partial charge in [-0.25, -0.2) is 0 Å². The van der Waals surface area contributed by atoms with E-state index >= 15 is 0 Å². The first-order valence-corrected chi connectivity index (χ1v) is 9.49. The van der Waals surface area contributed by atoms with E-state index in [9.17, 15) is 0 Å². The van der Waals surface area contributed by atoms with Crippen molar-refractivity contribution in [3.8, 4) is 11.1 Å². The van der Waals surface area contributed by atoms with E-state index in [1.54, 1.807) is 7.11 Å². The molecule has 0 N–H and O–H groups in total. The van der Waals surface area contributed by atoms with Crippen LogP contribution in [0.5, 0.6) is 0 Å². The smallest absolute Gasteiger partial charge is 0.0462 e. The van der Waals surface area contributed by atoms with Crippen molar-refractivity contribution in [2.75, 3.05) is 13.7 Å². The van der Waals surface area contributed by atoms with Gasteiger partial charge in [-0.15, -0.1) is 0 Å². The number of methoxy groups -OCH3 is 1. The van der Waals surface area contributed by atoms with E-state index < -0.39 is 0 Å². The summed E-state index contributed by atoms with van der Waals surface area (Å²) in [6.07, 6.45) is 7.94. The molecule has 24 heavy (non-hydrogen) atoms. The largest absolute Gasteiger partial charge is 0.385 e. The molecule has 0 atom stereocenters. The molecule has 3 rings (SSSR count). The Kier molecular flexibility index (Phi) is 6.34. The van der Waals surface area contributed by atoms with E-state index in [0.29, 0.717) is 0 Å². The molecule has 1 saturated carbocycles. The Bertz CT molecular complexity index is 609. The van der Waals surface area contributed by atoms with Crippen LogP contribution in [0.25, 0.3) is 11.1 Å². The highest BCUT2D eigenvalue weighted by atomic mass is 35.5. The molecule has 0 aliphatic heterocycles. The van der Waals surface area contributed by atoms with Gasteiger partial charge in [0.25, 0.3) is 0 Å².